The maximum absolute atomic E-state index is 11.9. The average molecular weight is 504 g/mol. The number of amides is 1. The van der Waals surface area contributed by atoms with E-state index in [-0.39, 0.29) is 11.9 Å². The molecule has 4 rings (SSSR count). The molecule has 1 aliphatic heterocycles. The Hall–Kier alpha value is -4.51. The van der Waals surface area contributed by atoms with Crippen molar-refractivity contribution < 1.29 is 14.3 Å². The fourth-order valence-corrected chi connectivity index (χ4v) is 3.85. The maximum Gasteiger partial charge on any atom is 0.247 e. The summed E-state index contributed by atoms with van der Waals surface area (Å²) < 4.78 is 11.1. The number of carbonyl (C=O) groups is 1. The van der Waals surface area contributed by atoms with Gasteiger partial charge in [-0.1, -0.05) is 23.9 Å². The molecule has 0 bridgehead atoms. The lowest BCUT2D eigenvalue weighted by Crippen LogP contribution is -2.36. The lowest BCUT2D eigenvalue weighted by molar-refractivity contribution is -0.111. The third kappa shape index (κ3) is 6.19. The van der Waals surface area contributed by atoms with Crippen molar-refractivity contribution in [3.8, 4) is 5.75 Å². The lowest BCUT2D eigenvalue weighted by Gasteiger charge is -2.29. The van der Waals surface area contributed by atoms with Crippen molar-refractivity contribution in [2.75, 3.05) is 54.3 Å². The molecule has 3 aromatic rings. The number of carbonyl (C=O) groups excluding carboxylic acids is 1. The van der Waals surface area contributed by atoms with Gasteiger partial charge in [0.1, 0.15) is 17.6 Å². The lowest BCUT2D eigenvalue weighted by atomic mass is 10.1. The Balaban J connectivity index is 1.63. The van der Waals surface area contributed by atoms with E-state index in [4.69, 9.17) is 9.47 Å². The van der Waals surface area contributed by atoms with Gasteiger partial charge in [-0.25, -0.2) is 4.98 Å². The third-order valence-electron chi connectivity index (χ3n) is 5.86. The van der Waals surface area contributed by atoms with Crippen LogP contribution in [0.15, 0.2) is 66.5 Å². The Morgan fingerprint density at radius 2 is 1.92 bits per heavy atom. The Labute approximate surface area is 214 Å². The summed E-state index contributed by atoms with van der Waals surface area (Å²) in [5, 5.41) is 12.3. The molecule has 1 aromatic heterocycles. The summed E-state index contributed by atoms with van der Waals surface area (Å²) in [4.78, 5) is 34.5. The number of rotatable bonds is 10. The Morgan fingerprint density at radius 1 is 1.16 bits per heavy atom. The zero-order valence-corrected chi connectivity index (χ0v) is 20.7. The molecule has 3 N–H and O–H groups in total. The highest BCUT2D eigenvalue weighted by atomic mass is 16.5. The summed E-state index contributed by atoms with van der Waals surface area (Å²) in [6, 6.07) is 12.3. The average Bonchev–Trinajstić information content (AvgIpc) is 2.94. The second-order valence-corrected chi connectivity index (χ2v) is 8.25. The molecule has 1 saturated heterocycles. The second kappa shape index (κ2) is 12.0. The highest BCUT2D eigenvalue weighted by Crippen LogP contribution is 2.34. The number of ether oxygens (including phenoxy) is 2. The highest BCUT2D eigenvalue weighted by Gasteiger charge is 2.18. The summed E-state index contributed by atoms with van der Waals surface area (Å²) in [5.74, 6) is 0.935. The zero-order valence-electron chi connectivity index (χ0n) is 20.7. The number of anilines is 6. The molecule has 11 nitrogen and oxygen atoms in total. The van der Waals surface area contributed by atoms with Crippen molar-refractivity contribution >= 4 is 40.4 Å². The summed E-state index contributed by atoms with van der Waals surface area (Å²) in [6.07, 6.45) is 2.73. The highest BCUT2D eigenvalue weighted by molar-refractivity contribution is 6.01. The van der Waals surface area contributed by atoms with Gasteiger partial charge in [-0.05, 0) is 37.3 Å². The van der Waals surface area contributed by atoms with E-state index in [0.29, 0.717) is 47.4 Å². The molecule has 11 heteroatoms. The number of hydrogen-bond acceptors (Lipinski definition) is 10. The first-order valence-corrected chi connectivity index (χ1v) is 11.8. The molecule has 1 amide bonds. The van der Waals surface area contributed by atoms with Crippen LogP contribution in [0.5, 0.6) is 5.75 Å². The van der Waals surface area contributed by atoms with Crippen molar-refractivity contribution in [3.63, 3.8) is 0 Å². The Kier molecular flexibility index (Phi) is 8.26. The minimum atomic E-state index is -0.700. The summed E-state index contributed by atoms with van der Waals surface area (Å²) in [7, 11) is 1.60. The van der Waals surface area contributed by atoms with Crippen molar-refractivity contribution in [2.45, 2.75) is 13.0 Å². The van der Waals surface area contributed by atoms with E-state index in [2.05, 4.69) is 42.6 Å². The molecule has 1 fully saturated rings. The number of nitrogens with zero attached hydrogens (tertiary/aromatic N) is 4. The molecule has 1 atom stereocenters. The molecular formula is C26H29N7O4. The topological polar surface area (TPSA) is 130 Å². The number of aromatic nitrogens is 2. The summed E-state index contributed by atoms with van der Waals surface area (Å²) in [6.45, 7) is 8.14. The summed E-state index contributed by atoms with van der Waals surface area (Å²) in [5.41, 5.74) is 3.32. The van der Waals surface area contributed by atoms with Crippen LogP contribution in [0.3, 0.4) is 0 Å². The first-order chi connectivity index (χ1) is 18.0. The minimum Gasteiger partial charge on any atom is -0.494 e. The molecule has 0 radical (unpaired) electrons. The van der Waals surface area contributed by atoms with Crippen LogP contribution in [0.4, 0.5) is 34.5 Å². The van der Waals surface area contributed by atoms with Crippen LogP contribution in [0.25, 0.3) is 0 Å². The maximum atomic E-state index is 11.9. The minimum absolute atomic E-state index is 0.286. The normalized spacial score (nSPS) is 13.8. The van der Waals surface area contributed by atoms with Gasteiger partial charge in [0.05, 0.1) is 37.4 Å². The van der Waals surface area contributed by atoms with Crippen molar-refractivity contribution in [1.82, 2.24) is 9.97 Å². The van der Waals surface area contributed by atoms with E-state index < -0.39 is 6.04 Å². The molecule has 2 aromatic carbocycles. The smallest absolute Gasteiger partial charge is 0.247 e. The monoisotopic (exact) mass is 503 g/mol. The third-order valence-corrected chi connectivity index (χ3v) is 5.86. The van der Waals surface area contributed by atoms with E-state index in [1.165, 1.54) is 6.08 Å². The molecular weight excluding hydrogens is 474 g/mol. The van der Waals surface area contributed by atoms with Gasteiger partial charge in [0.2, 0.25) is 11.9 Å². The van der Waals surface area contributed by atoms with Gasteiger partial charge in [-0.2, -0.15) is 9.89 Å². The number of nitroso groups, excluding NO2 is 1. The van der Waals surface area contributed by atoms with Gasteiger partial charge in [-0.15, -0.1) is 0 Å². The predicted molar refractivity (Wildman–Crippen MR) is 144 cm³/mol. The van der Waals surface area contributed by atoms with Gasteiger partial charge in [0, 0.05) is 36.6 Å². The van der Waals surface area contributed by atoms with Crippen molar-refractivity contribution in [2.24, 2.45) is 5.18 Å². The van der Waals surface area contributed by atoms with Gasteiger partial charge in [0.15, 0.2) is 0 Å². The largest absolute Gasteiger partial charge is 0.494 e. The fourth-order valence-electron chi connectivity index (χ4n) is 3.85. The Bertz CT molecular complexity index is 1280. The molecule has 0 spiro atoms. The molecule has 0 aliphatic carbocycles. The van der Waals surface area contributed by atoms with Crippen molar-refractivity contribution in [3.05, 3.63) is 71.8 Å². The number of morpholine rings is 1. The predicted octanol–water partition coefficient (Wildman–Crippen LogP) is 4.76. The number of nitrogens with one attached hydrogen (secondary N) is 3. The van der Waals surface area contributed by atoms with Crippen LogP contribution < -0.4 is 25.6 Å². The van der Waals surface area contributed by atoms with E-state index in [1.807, 2.05) is 24.3 Å². The first-order valence-electron chi connectivity index (χ1n) is 11.8. The molecule has 37 heavy (non-hydrogen) atoms. The SMILES string of the molecule is C=CC(=O)Nc1ccccc1Nc1nc(Nc2ccc(N3CCOCC3)cc2OC)ncc1C(C)N=O. The first kappa shape index (κ1) is 25.6. The van der Waals surface area contributed by atoms with Gasteiger partial charge < -0.3 is 30.3 Å². The molecule has 1 unspecified atom stereocenters. The van der Waals surface area contributed by atoms with Crippen LogP contribution in [0.2, 0.25) is 0 Å². The molecule has 1 aliphatic rings. The van der Waals surface area contributed by atoms with Crippen LogP contribution in [-0.2, 0) is 9.53 Å². The van der Waals surface area contributed by atoms with Crippen LogP contribution in [0.1, 0.15) is 18.5 Å². The zero-order chi connectivity index (χ0) is 26.2. The Morgan fingerprint density at radius 3 is 2.62 bits per heavy atom. The van der Waals surface area contributed by atoms with Gasteiger partial charge >= 0.3 is 0 Å². The van der Waals surface area contributed by atoms with Crippen LogP contribution >= 0.6 is 0 Å². The molecule has 0 saturated carbocycles. The number of methoxy groups -OCH3 is 1. The number of benzene rings is 2. The molecule has 2 heterocycles. The van der Waals surface area contributed by atoms with E-state index >= 15 is 0 Å². The molecule has 192 valence electrons. The van der Waals surface area contributed by atoms with E-state index in [1.54, 1.807) is 38.4 Å². The standard InChI is InChI=1S/C26H29N7O4/c1-4-24(34)28-20-7-5-6-8-21(20)29-25-19(17(2)32-35)16-27-26(31-25)30-22-10-9-18(15-23(22)36-3)33-11-13-37-14-12-33/h4-10,15-17H,1,11-14H2,2-3H3,(H,28,34)(H2,27,29,30,31). The van der Waals surface area contributed by atoms with Gasteiger partial charge in [-0.3, -0.25) is 4.79 Å². The van der Waals surface area contributed by atoms with Crippen molar-refractivity contribution in [1.29, 1.82) is 0 Å². The van der Waals surface area contributed by atoms with Gasteiger partial charge in [0.25, 0.3) is 0 Å². The van der Waals surface area contributed by atoms with E-state index in [0.717, 1.165) is 18.8 Å². The summed E-state index contributed by atoms with van der Waals surface area (Å²) >= 11 is 0. The number of hydrogen-bond donors (Lipinski definition) is 3. The fraction of sp³-hybridized carbons (Fsp3) is 0.269. The quantitative estimate of drug-likeness (QED) is 0.265. The number of para-hydroxylation sites is 2. The van der Waals surface area contributed by atoms with Crippen LogP contribution in [-0.4, -0.2) is 49.3 Å². The second-order valence-electron chi connectivity index (χ2n) is 8.25. The van der Waals surface area contributed by atoms with E-state index in [9.17, 15) is 9.70 Å². The van der Waals surface area contributed by atoms with Crippen LogP contribution in [0, 0.1) is 4.91 Å².